The van der Waals surface area contributed by atoms with Gasteiger partial charge in [-0.25, -0.2) is 9.97 Å². The molecule has 0 spiro atoms. The van der Waals surface area contributed by atoms with Crippen LogP contribution in [0.2, 0.25) is 0 Å². The number of fused-ring (bicyclic) bond motifs is 2. The molecule has 2 aliphatic rings. The zero-order valence-corrected chi connectivity index (χ0v) is 18.0. The molecule has 1 aliphatic carbocycles. The largest absolute Gasteiger partial charge is 0.431 e. The van der Waals surface area contributed by atoms with Crippen LogP contribution in [-0.2, 0) is 17.3 Å². The van der Waals surface area contributed by atoms with Crippen LogP contribution in [-0.4, -0.2) is 51.2 Å². The Morgan fingerprint density at radius 1 is 1.12 bits per heavy atom. The number of benzene rings is 1. The van der Waals surface area contributed by atoms with Gasteiger partial charge in [0.15, 0.2) is 0 Å². The molecule has 0 bridgehead atoms. The van der Waals surface area contributed by atoms with Crippen molar-refractivity contribution in [2.24, 2.45) is 0 Å². The number of H-pyrrole nitrogens is 1. The van der Waals surface area contributed by atoms with Crippen molar-refractivity contribution < 1.29 is 17.9 Å². The first-order chi connectivity index (χ1) is 15.3. The molecule has 2 aromatic heterocycles. The van der Waals surface area contributed by atoms with Crippen molar-refractivity contribution in [2.45, 2.75) is 57.2 Å². The molecule has 0 radical (unpaired) electrons. The number of hydrogen-bond donors (Lipinski definition) is 2. The van der Waals surface area contributed by atoms with Gasteiger partial charge in [0.05, 0.1) is 23.6 Å². The smallest absolute Gasteiger partial charge is 0.373 e. The van der Waals surface area contributed by atoms with E-state index in [0.29, 0.717) is 11.2 Å². The van der Waals surface area contributed by atoms with Gasteiger partial charge in [-0.3, -0.25) is 4.90 Å². The average molecular weight is 445 g/mol. The van der Waals surface area contributed by atoms with E-state index in [9.17, 15) is 13.2 Å². The van der Waals surface area contributed by atoms with Gasteiger partial charge in [0.1, 0.15) is 23.5 Å². The minimum atomic E-state index is -4.47. The first kappa shape index (κ1) is 21.2. The van der Waals surface area contributed by atoms with Crippen molar-refractivity contribution in [3.63, 3.8) is 0 Å². The zero-order valence-electron chi connectivity index (χ0n) is 18.0. The molecule has 1 aromatic carbocycles. The number of nitrogens with zero attached hydrogens (tertiary/aromatic N) is 3. The number of rotatable bonds is 3. The summed E-state index contributed by atoms with van der Waals surface area (Å²) < 4.78 is 45.7. The second-order valence-electron chi connectivity index (χ2n) is 8.80. The highest BCUT2D eigenvalue weighted by atomic mass is 19.4. The van der Waals surface area contributed by atoms with Gasteiger partial charge < -0.3 is 15.0 Å². The van der Waals surface area contributed by atoms with Crippen LogP contribution in [0.1, 0.15) is 43.1 Å². The summed E-state index contributed by atoms with van der Waals surface area (Å²) in [6.07, 6.45) is -1.02. The van der Waals surface area contributed by atoms with E-state index < -0.39 is 11.9 Å². The molecule has 32 heavy (non-hydrogen) atoms. The number of hydrogen-bond acceptors (Lipinski definition) is 5. The van der Waals surface area contributed by atoms with Crippen molar-refractivity contribution in [3.8, 4) is 0 Å². The summed E-state index contributed by atoms with van der Waals surface area (Å²) in [6, 6.07) is 9.40. The van der Waals surface area contributed by atoms with Gasteiger partial charge in [0.2, 0.25) is 0 Å². The Balaban J connectivity index is 1.54. The summed E-state index contributed by atoms with van der Waals surface area (Å²) in [5.41, 5.74) is 1.76. The fraction of sp³-hybridized carbons (Fsp3) is 0.478. The van der Waals surface area contributed by atoms with E-state index in [1.165, 1.54) is 11.9 Å². The van der Waals surface area contributed by atoms with E-state index in [-0.39, 0.29) is 29.9 Å². The standard InChI is InChI=1S/C23H26F3N5O/c1-13-10-31(11-14(2)32-13)18-8-7-15-5-3-4-6-16(15)20(18)30-22-17-9-19(23(24,25)26)29-21(17)27-12-28-22/h3-6,9,12-14,18,20H,7-8,10-11H2,1-2H3,(H2,27,28,29,30)/t13-,14+,18-,20-/m0/s1. The first-order valence-corrected chi connectivity index (χ1v) is 10.9. The number of nitrogens with one attached hydrogen (secondary N) is 2. The summed E-state index contributed by atoms with van der Waals surface area (Å²) in [6.45, 7) is 5.79. The summed E-state index contributed by atoms with van der Waals surface area (Å²) in [4.78, 5) is 13.2. The number of morpholine rings is 1. The Hall–Kier alpha value is -2.65. The third-order valence-electron chi connectivity index (χ3n) is 6.42. The number of aromatic amines is 1. The lowest BCUT2D eigenvalue weighted by atomic mass is 9.82. The molecule has 1 fully saturated rings. The normalized spacial score (nSPS) is 26.8. The maximum absolute atomic E-state index is 13.3. The number of aryl methyl sites for hydroxylation is 1. The molecule has 6 nitrogen and oxygen atoms in total. The summed E-state index contributed by atoms with van der Waals surface area (Å²) >= 11 is 0. The van der Waals surface area contributed by atoms with Crippen LogP contribution >= 0.6 is 0 Å². The molecular weight excluding hydrogens is 419 g/mol. The Morgan fingerprint density at radius 3 is 2.62 bits per heavy atom. The van der Waals surface area contributed by atoms with Crippen molar-refractivity contribution in [3.05, 3.63) is 53.5 Å². The average Bonchev–Trinajstić information content (AvgIpc) is 3.19. The van der Waals surface area contributed by atoms with Gasteiger partial charge in [-0.05, 0) is 43.9 Å². The van der Waals surface area contributed by atoms with Crippen LogP contribution in [0, 0.1) is 0 Å². The number of alkyl halides is 3. The Kier molecular flexibility index (Phi) is 5.33. The lowest BCUT2D eigenvalue weighted by Crippen LogP contribution is -2.54. The van der Waals surface area contributed by atoms with Crippen LogP contribution in [0.25, 0.3) is 11.0 Å². The van der Waals surface area contributed by atoms with E-state index in [0.717, 1.165) is 37.6 Å². The monoisotopic (exact) mass is 445 g/mol. The van der Waals surface area contributed by atoms with Crippen molar-refractivity contribution in [1.82, 2.24) is 19.9 Å². The molecule has 4 atom stereocenters. The molecule has 1 saturated heterocycles. The van der Waals surface area contributed by atoms with Gasteiger partial charge in [-0.15, -0.1) is 0 Å². The van der Waals surface area contributed by atoms with Gasteiger partial charge in [-0.2, -0.15) is 13.2 Å². The maximum Gasteiger partial charge on any atom is 0.431 e. The van der Waals surface area contributed by atoms with Crippen LogP contribution in [0.4, 0.5) is 19.0 Å². The minimum absolute atomic E-state index is 0.111. The first-order valence-electron chi connectivity index (χ1n) is 10.9. The highest BCUT2D eigenvalue weighted by molar-refractivity contribution is 5.88. The molecule has 0 saturated carbocycles. The van der Waals surface area contributed by atoms with Gasteiger partial charge >= 0.3 is 6.18 Å². The Bertz CT molecular complexity index is 1100. The van der Waals surface area contributed by atoms with Crippen LogP contribution in [0.15, 0.2) is 36.7 Å². The summed E-state index contributed by atoms with van der Waals surface area (Å²) in [7, 11) is 0. The fourth-order valence-electron chi connectivity index (χ4n) is 5.15. The second kappa shape index (κ2) is 8.04. The number of aromatic nitrogens is 3. The van der Waals surface area contributed by atoms with Gasteiger partial charge in [0, 0.05) is 19.1 Å². The van der Waals surface area contributed by atoms with Crippen molar-refractivity contribution >= 4 is 16.9 Å². The predicted molar refractivity (Wildman–Crippen MR) is 115 cm³/mol. The molecular formula is C23H26F3N5O. The van der Waals surface area contributed by atoms with Gasteiger partial charge in [-0.1, -0.05) is 24.3 Å². The predicted octanol–water partition coefficient (Wildman–Crippen LogP) is 4.55. The molecule has 0 unspecified atom stereocenters. The Morgan fingerprint density at radius 2 is 1.88 bits per heavy atom. The van der Waals surface area contributed by atoms with E-state index in [4.69, 9.17) is 4.74 Å². The Labute approximate surface area is 184 Å². The third-order valence-corrected chi connectivity index (χ3v) is 6.42. The summed E-state index contributed by atoms with van der Waals surface area (Å²) in [5, 5.41) is 3.84. The van der Waals surface area contributed by atoms with E-state index in [1.807, 2.05) is 12.1 Å². The van der Waals surface area contributed by atoms with E-state index in [1.54, 1.807) is 0 Å². The quantitative estimate of drug-likeness (QED) is 0.619. The number of halogens is 3. The van der Waals surface area contributed by atoms with Crippen LogP contribution < -0.4 is 5.32 Å². The SMILES string of the molecule is C[C@@H]1CN([C@H]2CCc3ccccc3[C@@H]2Nc2ncnc3[nH]c(C(F)(F)F)cc23)C[C@H](C)O1. The highest BCUT2D eigenvalue weighted by Crippen LogP contribution is 2.38. The summed E-state index contributed by atoms with van der Waals surface area (Å²) in [5.74, 6) is 0.405. The number of anilines is 1. The van der Waals surface area contributed by atoms with Crippen LogP contribution in [0.5, 0.6) is 0 Å². The van der Waals surface area contributed by atoms with E-state index in [2.05, 4.69) is 51.1 Å². The molecule has 170 valence electrons. The number of ether oxygens (including phenoxy) is 1. The molecule has 0 amide bonds. The molecule has 3 aromatic rings. The third kappa shape index (κ3) is 3.95. The molecule has 2 N–H and O–H groups in total. The topological polar surface area (TPSA) is 66.1 Å². The minimum Gasteiger partial charge on any atom is -0.373 e. The zero-order chi connectivity index (χ0) is 22.5. The van der Waals surface area contributed by atoms with Crippen molar-refractivity contribution in [2.75, 3.05) is 18.4 Å². The lowest BCUT2D eigenvalue weighted by molar-refractivity contribution is -0.140. The van der Waals surface area contributed by atoms with E-state index >= 15 is 0 Å². The highest BCUT2D eigenvalue weighted by Gasteiger charge is 2.38. The molecule has 5 rings (SSSR count). The maximum atomic E-state index is 13.3. The van der Waals surface area contributed by atoms with Crippen molar-refractivity contribution in [1.29, 1.82) is 0 Å². The molecule has 1 aliphatic heterocycles. The van der Waals surface area contributed by atoms with Crippen LogP contribution in [0.3, 0.4) is 0 Å². The van der Waals surface area contributed by atoms with Gasteiger partial charge in [0.25, 0.3) is 0 Å². The second-order valence-corrected chi connectivity index (χ2v) is 8.80. The lowest BCUT2D eigenvalue weighted by Gasteiger charge is -2.45. The fourth-order valence-corrected chi connectivity index (χ4v) is 5.15. The molecule has 3 heterocycles. The molecule has 9 heteroatoms.